The molecule has 4 rings (SSSR count). The molecule has 2 fully saturated rings. The molecule has 0 aliphatic carbocycles. The number of carbonyl (C=O) groups excluding carboxylic acids is 1. The Morgan fingerprint density at radius 2 is 1.62 bits per heavy atom. The molecule has 0 bridgehead atoms. The van der Waals surface area contributed by atoms with Crippen molar-refractivity contribution in [2.75, 3.05) is 26.2 Å². The van der Waals surface area contributed by atoms with Crippen molar-refractivity contribution in [3.63, 3.8) is 0 Å². The number of hydrogen-bond acceptors (Lipinski definition) is 3. The second-order valence-corrected chi connectivity index (χ2v) is 7.31. The van der Waals surface area contributed by atoms with Gasteiger partial charge in [-0.3, -0.25) is 4.79 Å². The highest BCUT2D eigenvalue weighted by molar-refractivity contribution is 5.95. The minimum absolute atomic E-state index is 0.144. The van der Waals surface area contributed by atoms with Gasteiger partial charge in [-0.05, 0) is 56.0 Å². The second kappa shape index (κ2) is 7.92. The van der Waals surface area contributed by atoms with Crippen LogP contribution >= 0.6 is 0 Å². The molecule has 4 heteroatoms. The maximum atomic E-state index is 13.2. The van der Waals surface area contributed by atoms with Crippen molar-refractivity contribution < 1.29 is 9.53 Å². The Kier molecular flexibility index (Phi) is 5.21. The van der Waals surface area contributed by atoms with Crippen LogP contribution < -0.4 is 10.1 Å². The fraction of sp³-hybridized carbons (Fsp3) is 0.409. The van der Waals surface area contributed by atoms with E-state index in [9.17, 15) is 4.79 Å². The van der Waals surface area contributed by atoms with Crippen LogP contribution in [0.15, 0.2) is 54.6 Å². The molecular weight excluding hydrogens is 324 g/mol. The van der Waals surface area contributed by atoms with E-state index in [4.69, 9.17) is 4.74 Å². The maximum Gasteiger partial charge on any atom is 0.254 e. The first kappa shape index (κ1) is 17.1. The summed E-state index contributed by atoms with van der Waals surface area (Å²) >= 11 is 0. The Hall–Kier alpha value is -2.33. The van der Waals surface area contributed by atoms with Crippen LogP contribution in [-0.2, 0) is 6.61 Å². The summed E-state index contributed by atoms with van der Waals surface area (Å²) in [5, 5.41) is 3.49. The fourth-order valence-electron chi connectivity index (χ4n) is 4.12. The minimum Gasteiger partial charge on any atom is -0.489 e. The topological polar surface area (TPSA) is 41.6 Å². The number of likely N-dealkylation sites (tertiary alicyclic amines) is 1. The molecule has 0 saturated carbocycles. The molecule has 0 unspecified atom stereocenters. The summed E-state index contributed by atoms with van der Waals surface area (Å²) in [5.41, 5.74) is 1.72. The first-order valence-electron chi connectivity index (χ1n) is 9.57. The highest BCUT2D eigenvalue weighted by Gasteiger charge is 2.32. The molecular formula is C22H26N2O2. The Labute approximate surface area is 155 Å². The molecule has 26 heavy (non-hydrogen) atoms. The lowest BCUT2D eigenvalue weighted by atomic mass is 9.92. The Balaban J connectivity index is 1.45. The van der Waals surface area contributed by atoms with Gasteiger partial charge in [0.15, 0.2) is 0 Å². The Morgan fingerprint density at radius 3 is 2.35 bits per heavy atom. The van der Waals surface area contributed by atoms with E-state index >= 15 is 0 Å². The van der Waals surface area contributed by atoms with Gasteiger partial charge in [-0.2, -0.15) is 0 Å². The SMILES string of the molecule is O=C(c1ccccc1COc1ccccc1)N1CC[C@@H]2CNC[C@@H]2CC1. The third-order valence-corrected chi connectivity index (χ3v) is 5.69. The van der Waals surface area contributed by atoms with Crippen LogP contribution in [0.3, 0.4) is 0 Å². The molecule has 1 amide bonds. The van der Waals surface area contributed by atoms with E-state index in [1.807, 2.05) is 59.5 Å². The van der Waals surface area contributed by atoms with Gasteiger partial charge in [0, 0.05) is 24.2 Å². The number of carbonyl (C=O) groups is 1. The lowest BCUT2D eigenvalue weighted by Gasteiger charge is -2.22. The number of para-hydroxylation sites is 1. The lowest BCUT2D eigenvalue weighted by molar-refractivity contribution is 0.0755. The molecule has 2 saturated heterocycles. The number of ether oxygens (including phenoxy) is 1. The third kappa shape index (κ3) is 3.75. The number of rotatable bonds is 4. The predicted molar refractivity (Wildman–Crippen MR) is 102 cm³/mol. The highest BCUT2D eigenvalue weighted by atomic mass is 16.5. The monoisotopic (exact) mass is 350 g/mol. The standard InChI is InChI=1S/C22H26N2O2/c25-22(24-12-10-17-14-23-15-18(17)11-13-24)21-9-5-4-6-19(21)16-26-20-7-2-1-3-8-20/h1-9,17-18,23H,10-16H2/t17-,18+. The van der Waals surface area contributed by atoms with Gasteiger partial charge in [0.2, 0.25) is 0 Å². The van der Waals surface area contributed by atoms with Crippen LogP contribution in [0, 0.1) is 11.8 Å². The van der Waals surface area contributed by atoms with Crippen molar-refractivity contribution in [2.45, 2.75) is 19.4 Å². The Morgan fingerprint density at radius 1 is 0.962 bits per heavy atom. The van der Waals surface area contributed by atoms with Gasteiger partial charge in [0.25, 0.3) is 5.91 Å². The molecule has 2 atom stereocenters. The third-order valence-electron chi connectivity index (χ3n) is 5.69. The van der Waals surface area contributed by atoms with E-state index in [2.05, 4.69) is 5.32 Å². The zero-order valence-electron chi connectivity index (χ0n) is 15.1. The zero-order valence-corrected chi connectivity index (χ0v) is 15.1. The smallest absolute Gasteiger partial charge is 0.254 e. The van der Waals surface area contributed by atoms with E-state index < -0.39 is 0 Å². The number of nitrogens with zero attached hydrogens (tertiary/aromatic N) is 1. The lowest BCUT2D eigenvalue weighted by Crippen LogP contribution is -2.33. The van der Waals surface area contributed by atoms with Crippen molar-refractivity contribution in [1.82, 2.24) is 10.2 Å². The van der Waals surface area contributed by atoms with E-state index in [1.54, 1.807) is 0 Å². The van der Waals surface area contributed by atoms with Crippen molar-refractivity contribution in [3.8, 4) is 5.75 Å². The van der Waals surface area contributed by atoms with Gasteiger partial charge in [-0.15, -0.1) is 0 Å². The summed E-state index contributed by atoms with van der Waals surface area (Å²) in [5.74, 6) is 2.42. The predicted octanol–water partition coefficient (Wildman–Crippen LogP) is 3.34. The second-order valence-electron chi connectivity index (χ2n) is 7.31. The minimum atomic E-state index is 0.144. The van der Waals surface area contributed by atoms with Gasteiger partial charge in [0.1, 0.15) is 12.4 Å². The highest BCUT2D eigenvalue weighted by Crippen LogP contribution is 2.28. The summed E-state index contributed by atoms with van der Waals surface area (Å²) in [6.45, 7) is 4.34. The molecule has 2 heterocycles. The number of benzene rings is 2. The first-order chi connectivity index (χ1) is 12.8. The molecule has 0 aromatic heterocycles. The zero-order chi connectivity index (χ0) is 17.8. The quantitative estimate of drug-likeness (QED) is 0.920. The van der Waals surface area contributed by atoms with Crippen LogP contribution in [0.25, 0.3) is 0 Å². The molecule has 2 aromatic rings. The van der Waals surface area contributed by atoms with E-state index in [-0.39, 0.29) is 5.91 Å². The van der Waals surface area contributed by atoms with Gasteiger partial charge in [-0.25, -0.2) is 0 Å². The summed E-state index contributed by atoms with van der Waals surface area (Å²) in [6, 6.07) is 17.6. The van der Waals surface area contributed by atoms with Gasteiger partial charge in [0.05, 0.1) is 0 Å². The normalized spacial score (nSPS) is 22.5. The summed E-state index contributed by atoms with van der Waals surface area (Å²) in [6.07, 6.45) is 2.21. The van der Waals surface area contributed by atoms with Crippen molar-refractivity contribution in [1.29, 1.82) is 0 Å². The molecule has 2 aliphatic rings. The van der Waals surface area contributed by atoms with Crippen LogP contribution in [0.1, 0.15) is 28.8 Å². The Bertz CT molecular complexity index is 733. The molecule has 1 N–H and O–H groups in total. The molecule has 2 aliphatic heterocycles. The number of fused-ring (bicyclic) bond motifs is 1. The summed E-state index contributed by atoms with van der Waals surface area (Å²) in [4.78, 5) is 15.2. The number of amides is 1. The largest absolute Gasteiger partial charge is 0.489 e. The van der Waals surface area contributed by atoms with Crippen molar-refractivity contribution in [2.24, 2.45) is 11.8 Å². The van der Waals surface area contributed by atoms with Crippen LogP contribution in [-0.4, -0.2) is 37.0 Å². The number of nitrogens with one attached hydrogen (secondary N) is 1. The van der Waals surface area contributed by atoms with E-state index in [0.717, 1.165) is 67.7 Å². The van der Waals surface area contributed by atoms with Crippen molar-refractivity contribution >= 4 is 5.91 Å². The molecule has 2 aromatic carbocycles. The first-order valence-corrected chi connectivity index (χ1v) is 9.57. The van der Waals surface area contributed by atoms with Crippen LogP contribution in [0.5, 0.6) is 5.75 Å². The van der Waals surface area contributed by atoms with Gasteiger partial charge < -0.3 is 15.0 Å². The van der Waals surface area contributed by atoms with E-state index in [1.165, 1.54) is 0 Å². The van der Waals surface area contributed by atoms with Crippen molar-refractivity contribution in [3.05, 3.63) is 65.7 Å². The summed E-state index contributed by atoms with van der Waals surface area (Å²) < 4.78 is 5.88. The average molecular weight is 350 g/mol. The van der Waals surface area contributed by atoms with E-state index in [0.29, 0.717) is 6.61 Å². The molecule has 0 radical (unpaired) electrons. The molecule has 4 nitrogen and oxygen atoms in total. The van der Waals surface area contributed by atoms with Gasteiger partial charge in [-0.1, -0.05) is 36.4 Å². The maximum absolute atomic E-state index is 13.2. The van der Waals surface area contributed by atoms with Gasteiger partial charge >= 0.3 is 0 Å². The number of hydrogen-bond donors (Lipinski definition) is 1. The average Bonchev–Trinajstić information content (AvgIpc) is 3.05. The molecule has 136 valence electrons. The summed E-state index contributed by atoms with van der Waals surface area (Å²) in [7, 11) is 0. The fourth-order valence-corrected chi connectivity index (χ4v) is 4.12. The molecule has 0 spiro atoms. The van der Waals surface area contributed by atoms with Crippen LogP contribution in [0.2, 0.25) is 0 Å². The van der Waals surface area contributed by atoms with Crippen LogP contribution in [0.4, 0.5) is 0 Å².